The van der Waals surface area contributed by atoms with E-state index < -0.39 is 0 Å². The van der Waals surface area contributed by atoms with Gasteiger partial charge in [-0.2, -0.15) is 4.37 Å². The van der Waals surface area contributed by atoms with Crippen LogP contribution >= 0.6 is 23.3 Å². The highest BCUT2D eigenvalue weighted by molar-refractivity contribution is 8.00. The van der Waals surface area contributed by atoms with E-state index >= 15 is 0 Å². The molecule has 1 unspecified atom stereocenters. The third kappa shape index (κ3) is 4.49. The van der Waals surface area contributed by atoms with E-state index in [1.165, 1.54) is 11.5 Å². The van der Waals surface area contributed by atoms with Gasteiger partial charge in [0.25, 0.3) is 0 Å². The molecule has 2 rings (SSSR count). The van der Waals surface area contributed by atoms with Crippen LogP contribution in [0.2, 0.25) is 0 Å². The Morgan fingerprint density at radius 2 is 2.05 bits per heavy atom. The van der Waals surface area contributed by atoms with Gasteiger partial charge in [0.05, 0.1) is 6.10 Å². The number of hydrogen-bond acceptors (Lipinski definition) is 6. The Morgan fingerprint density at radius 3 is 2.63 bits per heavy atom. The number of benzene rings is 1. The lowest BCUT2D eigenvalue weighted by atomic mass is 10.1. The van der Waals surface area contributed by atoms with Crippen molar-refractivity contribution >= 4 is 23.3 Å². The number of rotatable bonds is 6. The van der Waals surface area contributed by atoms with Gasteiger partial charge in [-0.15, -0.1) is 0 Å². The molecule has 0 aliphatic heterocycles. The van der Waals surface area contributed by atoms with E-state index in [1.807, 2.05) is 38.1 Å². The minimum Gasteiger partial charge on any atom is -0.491 e. The van der Waals surface area contributed by atoms with Gasteiger partial charge < -0.3 is 10.5 Å². The molecule has 6 heteroatoms. The van der Waals surface area contributed by atoms with Crippen molar-refractivity contribution < 1.29 is 4.74 Å². The molecule has 0 aliphatic carbocycles. The van der Waals surface area contributed by atoms with Crippen LogP contribution in [0.25, 0.3) is 0 Å². The molecule has 0 saturated carbocycles. The highest BCUT2D eigenvalue weighted by Gasteiger charge is 2.08. The molecule has 0 spiro atoms. The first-order valence-corrected chi connectivity index (χ1v) is 7.82. The summed E-state index contributed by atoms with van der Waals surface area (Å²) in [7, 11) is 0. The van der Waals surface area contributed by atoms with Crippen LogP contribution in [0.3, 0.4) is 0 Å². The molecule has 0 radical (unpaired) electrons. The summed E-state index contributed by atoms with van der Waals surface area (Å²) in [5, 5.41) is 0. The molecule has 0 bridgehead atoms. The molecular weight excluding hydrogens is 278 g/mol. The minimum atomic E-state index is -0.0120. The fraction of sp³-hybridized carbons (Fsp3) is 0.385. The molecule has 0 fully saturated rings. The molecule has 1 aromatic carbocycles. The van der Waals surface area contributed by atoms with E-state index in [4.69, 9.17) is 10.5 Å². The first-order chi connectivity index (χ1) is 9.15. The number of nitrogens with two attached hydrogens (primary N) is 1. The van der Waals surface area contributed by atoms with Crippen molar-refractivity contribution in [3.63, 3.8) is 0 Å². The fourth-order valence-corrected chi connectivity index (χ4v) is 3.01. The summed E-state index contributed by atoms with van der Waals surface area (Å²) in [5.41, 5.74) is 7.26. The Hall–Kier alpha value is -1.11. The Bertz CT molecular complexity index is 485. The molecular formula is C13H17N3OS2. The Balaban J connectivity index is 1.90. The van der Waals surface area contributed by atoms with Crippen molar-refractivity contribution in [3.8, 4) is 5.75 Å². The lowest BCUT2D eigenvalue weighted by Gasteiger charge is -2.13. The molecule has 0 saturated heterocycles. The molecule has 2 aromatic rings. The van der Waals surface area contributed by atoms with Gasteiger partial charge in [0.15, 0.2) is 4.34 Å². The van der Waals surface area contributed by atoms with Gasteiger partial charge in [-0.05, 0) is 43.1 Å². The van der Waals surface area contributed by atoms with E-state index in [1.54, 1.807) is 18.1 Å². The van der Waals surface area contributed by atoms with Crippen LogP contribution < -0.4 is 10.5 Å². The third-order valence-electron chi connectivity index (χ3n) is 2.41. The lowest BCUT2D eigenvalue weighted by Crippen LogP contribution is -2.13. The van der Waals surface area contributed by atoms with Gasteiger partial charge in [-0.1, -0.05) is 23.9 Å². The molecule has 0 amide bonds. The third-order valence-corrected chi connectivity index (χ3v) is 4.32. The zero-order chi connectivity index (χ0) is 13.7. The quantitative estimate of drug-likeness (QED) is 0.830. The summed E-state index contributed by atoms with van der Waals surface area (Å²) < 4.78 is 10.5. The number of nitrogens with zero attached hydrogens (tertiary/aromatic N) is 2. The smallest absolute Gasteiger partial charge is 0.169 e. The van der Waals surface area contributed by atoms with Crippen LogP contribution in [0.15, 0.2) is 34.9 Å². The number of thioether (sulfide) groups is 1. The van der Waals surface area contributed by atoms with Gasteiger partial charge >= 0.3 is 0 Å². The van der Waals surface area contributed by atoms with Crippen LogP contribution in [0, 0.1) is 0 Å². The molecule has 4 nitrogen and oxygen atoms in total. The highest BCUT2D eigenvalue weighted by Crippen LogP contribution is 2.25. The first kappa shape index (κ1) is 14.3. The summed E-state index contributed by atoms with van der Waals surface area (Å²) >= 11 is 3.03. The van der Waals surface area contributed by atoms with E-state index in [2.05, 4.69) is 9.36 Å². The number of ether oxygens (including phenoxy) is 1. The van der Waals surface area contributed by atoms with Crippen molar-refractivity contribution in [1.82, 2.24) is 9.36 Å². The van der Waals surface area contributed by atoms with Gasteiger partial charge in [0, 0.05) is 11.8 Å². The summed E-state index contributed by atoms with van der Waals surface area (Å²) in [5.74, 6) is 1.67. The van der Waals surface area contributed by atoms with Crippen LogP contribution in [-0.2, 0) is 0 Å². The van der Waals surface area contributed by atoms with Crippen LogP contribution in [-0.4, -0.2) is 21.2 Å². The topological polar surface area (TPSA) is 61.0 Å². The van der Waals surface area contributed by atoms with Crippen molar-refractivity contribution in [2.45, 2.75) is 30.3 Å². The van der Waals surface area contributed by atoms with Crippen molar-refractivity contribution in [3.05, 3.63) is 36.2 Å². The Morgan fingerprint density at radius 1 is 1.32 bits per heavy atom. The second-order valence-electron chi connectivity index (χ2n) is 4.36. The number of hydrogen-bond donors (Lipinski definition) is 1. The number of aromatic nitrogens is 2. The Labute approximate surface area is 121 Å². The zero-order valence-corrected chi connectivity index (χ0v) is 12.6. The summed E-state index contributed by atoms with van der Waals surface area (Å²) in [4.78, 5) is 4.12. The van der Waals surface area contributed by atoms with Crippen molar-refractivity contribution in [1.29, 1.82) is 0 Å². The van der Waals surface area contributed by atoms with E-state index in [-0.39, 0.29) is 12.1 Å². The van der Waals surface area contributed by atoms with Crippen molar-refractivity contribution in [2.24, 2.45) is 5.73 Å². The normalized spacial score (nSPS) is 12.6. The maximum Gasteiger partial charge on any atom is 0.169 e. The lowest BCUT2D eigenvalue weighted by molar-refractivity contribution is 0.242. The van der Waals surface area contributed by atoms with Crippen molar-refractivity contribution in [2.75, 3.05) is 5.75 Å². The van der Waals surface area contributed by atoms with Gasteiger partial charge in [0.2, 0.25) is 0 Å². The monoisotopic (exact) mass is 295 g/mol. The van der Waals surface area contributed by atoms with E-state index in [0.29, 0.717) is 0 Å². The van der Waals surface area contributed by atoms with Crippen LogP contribution in [0.4, 0.5) is 0 Å². The first-order valence-electron chi connectivity index (χ1n) is 6.07. The second kappa shape index (κ2) is 6.88. The molecule has 102 valence electrons. The standard InChI is InChI=1S/C13H17N3OS2/c1-9(2)17-11-5-3-10(4-6-11)12(14)7-18-13-15-8-16-19-13/h3-6,8-9,12H,7,14H2,1-2H3. The molecule has 0 aliphatic rings. The highest BCUT2D eigenvalue weighted by atomic mass is 32.2. The fourth-order valence-electron chi connectivity index (χ4n) is 1.55. The largest absolute Gasteiger partial charge is 0.491 e. The van der Waals surface area contributed by atoms with E-state index in [9.17, 15) is 0 Å². The molecule has 19 heavy (non-hydrogen) atoms. The van der Waals surface area contributed by atoms with Crippen LogP contribution in [0.1, 0.15) is 25.5 Å². The summed E-state index contributed by atoms with van der Waals surface area (Å²) in [6.45, 7) is 4.02. The second-order valence-corrected chi connectivity index (χ2v) is 6.41. The van der Waals surface area contributed by atoms with Crippen LogP contribution in [0.5, 0.6) is 5.75 Å². The van der Waals surface area contributed by atoms with Gasteiger partial charge in [-0.25, -0.2) is 4.98 Å². The molecule has 1 atom stereocenters. The summed E-state index contributed by atoms with van der Waals surface area (Å²) in [6, 6.07) is 7.95. The summed E-state index contributed by atoms with van der Waals surface area (Å²) in [6.07, 6.45) is 1.75. The molecule has 2 N–H and O–H groups in total. The SMILES string of the molecule is CC(C)Oc1ccc(C(N)CSc2ncns2)cc1. The van der Waals surface area contributed by atoms with Gasteiger partial charge in [0.1, 0.15) is 12.1 Å². The predicted octanol–water partition coefficient (Wildman–Crippen LogP) is 3.12. The van der Waals surface area contributed by atoms with Gasteiger partial charge in [-0.3, -0.25) is 0 Å². The average molecular weight is 295 g/mol. The predicted molar refractivity (Wildman–Crippen MR) is 79.8 cm³/mol. The maximum atomic E-state index is 6.16. The molecule has 1 heterocycles. The minimum absolute atomic E-state index is 0.0120. The average Bonchev–Trinajstić information content (AvgIpc) is 2.89. The van der Waals surface area contributed by atoms with E-state index in [0.717, 1.165) is 21.4 Å². The Kier molecular flexibility index (Phi) is 5.18. The maximum absolute atomic E-state index is 6.16. The zero-order valence-electron chi connectivity index (χ0n) is 10.9. The molecule has 1 aromatic heterocycles.